The topological polar surface area (TPSA) is 193 Å². The van der Waals surface area contributed by atoms with E-state index in [2.05, 4.69) is 25.8 Å². The second-order valence-electron chi connectivity index (χ2n) is 13.3. The van der Waals surface area contributed by atoms with Gasteiger partial charge in [-0.25, -0.2) is 13.8 Å². The number of nitrogen functional groups attached to an aromatic ring is 1. The number of β-amino-alcohol motifs (C(OH)–C–C–N with tert-alkyl or cyclic N) is 1. The molecule has 6 N–H and O–H groups in total. The van der Waals surface area contributed by atoms with Crippen LogP contribution in [0.2, 0.25) is 0 Å². The number of aliphatic hydroxyl groups excluding tert-OH is 1. The summed E-state index contributed by atoms with van der Waals surface area (Å²) in [5.41, 5.74) is 10.7. The number of carbonyl (C=O) groups is 3. The molecule has 0 radical (unpaired) electrons. The minimum absolute atomic E-state index is 0.0212. The van der Waals surface area contributed by atoms with E-state index in [1.807, 2.05) is 0 Å². The summed E-state index contributed by atoms with van der Waals surface area (Å²) in [4.78, 5) is 45.5. The number of para-hydroxylation sites is 1. The van der Waals surface area contributed by atoms with Crippen molar-refractivity contribution in [3.8, 4) is 44.3 Å². The number of amides is 3. The maximum Gasteiger partial charge on any atom is 0.281 e. The van der Waals surface area contributed by atoms with Gasteiger partial charge >= 0.3 is 0 Å². The predicted octanol–water partition coefficient (Wildman–Crippen LogP) is 4.96. The number of rotatable bonds is 13. The number of aromatic hydroxyl groups is 1. The fraction of sp³-hybridized carbons (Fsp3) is 0.282. The first-order valence-corrected chi connectivity index (χ1v) is 18.3. The van der Waals surface area contributed by atoms with Gasteiger partial charge in [-0.1, -0.05) is 62.4 Å². The number of nitrogens with zero attached hydrogens (tertiary/aromatic N) is 4. The average molecular weight is 772 g/mol. The van der Waals surface area contributed by atoms with E-state index >= 15 is 0 Å². The molecule has 3 heterocycles. The Balaban J connectivity index is 1.04. The number of ether oxygens (including phenoxy) is 1. The summed E-state index contributed by atoms with van der Waals surface area (Å²) in [6.07, 6.45) is -3.61. The standard InChI is InChI=1S/C39H39F2N7O6S/c1-21(2)33(45-32(51)19-54-26-13-11-23(12-14-26)28-16-29(46-47-37(28)42)27-5-3-4-6-31(27)50)39(53)48-18-25(49)15-30(48)38(52)43-17-22-7-9-24(10-8-22)35-34(36(40)41)44-20-55-35/h3-14,16,20-21,25,30,33,36,49-50H,15,17-19H2,1-2H3,(H2,42,47)(H,43,52)(H,45,51)/t25-,30+,33?/m1/s1. The van der Waals surface area contributed by atoms with Crippen molar-refractivity contribution in [2.75, 3.05) is 18.9 Å². The molecule has 286 valence electrons. The number of halogens is 2. The molecule has 0 bridgehead atoms. The third kappa shape index (κ3) is 9.04. The first-order valence-electron chi connectivity index (χ1n) is 17.4. The number of thiazole rings is 1. The van der Waals surface area contributed by atoms with Crippen LogP contribution in [-0.4, -0.2) is 79.4 Å². The molecule has 1 aliphatic heterocycles. The van der Waals surface area contributed by atoms with Crippen LogP contribution >= 0.6 is 11.3 Å². The summed E-state index contributed by atoms with van der Waals surface area (Å²) in [5.74, 6) is -1.29. The Morgan fingerprint density at radius 2 is 1.71 bits per heavy atom. The Bertz CT molecular complexity index is 2150. The van der Waals surface area contributed by atoms with E-state index in [0.717, 1.165) is 11.3 Å². The van der Waals surface area contributed by atoms with Gasteiger partial charge in [-0.15, -0.1) is 21.5 Å². The smallest absolute Gasteiger partial charge is 0.281 e. The van der Waals surface area contributed by atoms with E-state index in [4.69, 9.17) is 10.5 Å². The van der Waals surface area contributed by atoms with Crippen LogP contribution < -0.4 is 21.1 Å². The molecule has 1 aliphatic rings. The van der Waals surface area contributed by atoms with E-state index in [1.165, 1.54) is 10.4 Å². The van der Waals surface area contributed by atoms with Gasteiger partial charge in [0.15, 0.2) is 12.4 Å². The van der Waals surface area contributed by atoms with Gasteiger partial charge in [0.1, 0.15) is 29.3 Å². The number of anilines is 1. The van der Waals surface area contributed by atoms with E-state index in [9.17, 15) is 33.4 Å². The second kappa shape index (κ2) is 17.0. The molecule has 3 amide bonds. The average Bonchev–Trinajstić information content (AvgIpc) is 3.83. The largest absolute Gasteiger partial charge is 0.507 e. The van der Waals surface area contributed by atoms with Gasteiger partial charge in [0.25, 0.3) is 12.3 Å². The molecule has 1 unspecified atom stereocenters. The Morgan fingerprint density at radius 3 is 2.40 bits per heavy atom. The zero-order valence-corrected chi connectivity index (χ0v) is 30.7. The van der Waals surface area contributed by atoms with Crippen molar-refractivity contribution < 1.29 is 38.1 Å². The first kappa shape index (κ1) is 38.7. The van der Waals surface area contributed by atoms with Crippen LogP contribution in [0.5, 0.6) is 11.5 Å². The lowest BCUT2D eigenvalue weighted by Gasteiger charge is -2.30. The van der Waals surface area contributed by atoms with Crippen molar-refractivity contribution in [3.63, 3.8) is 0 Å². The summed E-state index contributed by atoms with van der Waals surface area (Å²) in [6.45, 7) is 3.14. The molecule has 3 aromatic carbocycles. The summed E-state index contributed by atoms with van der Waals surface area (Å²) in [5, 5.41) is 34.4. The lowest BCUT2D eigenvalue weighted by molar-refractivity contribution is -0.142. The van der Waals surface area contributed by atoms with Gasteiger partial charge < -0.3 is 36.2 Å². The number of benzene rings is 3. The highest BCUT2D eigenvalue weighted by Gasteiger charge is 2.42. The van der Waals surface area contributed by atoms with Gasteiger partial charge in [0.2, 0.25) is 11.8 Å². The SMILES string of the molecule is CC(C)C(NC(=O)COc1ccc(-c2cc(-c3ccccc3O)nnc2N)cc1)C(=O)N1C[C@H](O)C[C@H]1C(=O)NCc1ccc(-c2scnc2C(F)F)cc1. The summed E-state index contributed by atoms with van der Waals surface area (Å²) < 4.78 is 32.3. The van der Waals surface area contributed by atoms with Gasteiger partial charge in [0, 0.05) is 30.6 Å². The number of aliphatic hydroxyl groups is 1. The number of hydrogen-bond acceptors (Lipinski definition) is 11. The Hall–Kier alpha value is -6.00. The lowest BCUT2D eigenvalue weighted by atomic mass is 10.0. The number of carbonyl (C=O) groups excluding carboxylic acids is 3. The number of aromatic nitrogens is 3. The van der Waals surface area contributed by atoms with Crippen LogP contribution in [0.4, 0.5) is 14.6 Å². The van der Waals surface area contributed by atoms with Crippen LogP contribution in [0.15, 0.2) is 84.4 Å². The van der Waals surface area contributed by atoms with Crippen molar-refractivity contribution in [2.24, 2.45) is 5.92 Å². The maximum absolute atomic E-state index is 13.8. The number of likely N-dealkylation sites (tertiary alicyclic amines) is 1. The second-order valence-corrected chi connectivity index (χ2v) is 14.2. The Labute approximate surface area is 319 Å². The van der Waals surface area contributed by atoms with Crippen LogP contribution in [0, 0.1) is 5.92 Å². The molecule has 5 aromatic rings. The molecular weight excluding hydrogens is 733 g/mol. The minimum Gasteiger partial charge on any atom is -0.507 e. The van der Waals surface area contributed by atoms with Crippen molar-refractivity contribution in [3.05, 3.63) is 95.6 Å². The Morgan fingerprint density at radius 1 is 1.00 bits per heavy atom. The zero-order valence-electron chi connectivity index (χ0n) is 29.9. The first-order chi connectivity index (χ1) is 26.4. The fourth-order valence-corrected chi connectivity index (χ4v) is 7.06. The molecule has 1 fully saturated rings. The van der Waals surface area contributed by atoms with Crippen LogP contribution in [0.25, 0.3) is 32.8 Å². The third-order valence-corrected chi connectivity index (χ3v) is 10.0. The molecule has 16 heteroatoms. The molecule has 55 heavy (non-hydrogen) atoms. The number of hydrogen-bond donors (Lipinski definition) is 5. The molecule has 13 nitrogen and oxygen atoms in total. The van der Waals surface area contributed by atoms with Crippen molar-refractivity contribution >= 4 is 34.9 Å². The highest BCUT2D eigenvalue weighted by atomic mass is 32.1. The van der Waals surface area contributed by atoms with E-state index < -0.39 is 48.9 Å². The number of phenolic OH excluding ortho intramolecular Hbond substituents is 1. The highest BCUT2D eigenvalue weighted by molar-refractivity contribution is 7.13. The normalized spacial score (nSPS) is 15.9. The lowest BCUT2D eigenvalue weighted by Crippen LogP contribution is -2.55. The summed E-state index contributed by atoms with van der Waals surface area (Å²) in [6, 6.07) is 20.0. The summed E-state index contributed by atoms with van der Waals surface area (Å²) in [7, 11) is 0. The van der Waals surface area contributed by atoms with Gasteiger partial charge in [-0.05, 0) is 52.9 Å². The summed E-state index contributed by atoms with van der Waals surface area (Å²) >= 11 is 1.12. The number of alkyl halides is 2. The predicted molar refractivity (Wildman–Crippen MR) is 202 cm³/mol. The molecule has 1 saturated heterocycles. The van der Waals surface area contributed by atoms with Gasteiger partial charge in [-0.2, -0.15) is 0 Å². The van der Waals surface area contributed by atoms with Crippen LogP contribution in [-0.2, 0) is 20.9 Å². The molecule has 6 rings (SSSR count). The van der Waals surface area contributed by atoms with Crippen molar-refractivity contribution in [2.45, 2.75) is 51.4 Å². The van der Waals surface area contributed by atoms with E-state index in [1.54, 1.807) is 92.7 Å². The van der Waals surface area contributed by atoms with Crippen LogP contribution in [0.1, 0.15) is 38.0 Å². The molecular formula is C39H39F2N7O6S. The van der Waals surface area contributed by atoms with E-state index in [0.29, 0.717) is 44.1 Å². The van der Waals surface area contributed by atoms with Crippen LogP contribution in [0.3, 0.4) is 0 Å². The molecule has 0 saturated carbocycles. The Kier molecular flexibility index (Phi) is 12.0. The molecule has 0 aliphatic carbocycles. The van der Waals surface area contributed by atoms with Crippen molar-refractivity contribution in [1.29, 1.82) is 0 Å². The molecule has 3 atom stereocenters. The molecule has 2 aromatic heterocycles. The minimum atomic E-state index is -2.69. The zero-order chi connectivity index (χ0) is 39.2. The van der Waals surface area contributed by atoms with Gasteiger partial charge in [-0.3, -0.25) is 14.4 Å². The molecule has 0 spiro atoms. The monoisotopic (exact) mass is 771 g/mol. The number of nitrogens with one attached hydrogen (secondary N) is 2. The highest BCUT2D eigenvalue weighted by Crippen LogP contribution is 2.34. The number of nitrogens with two attached hydrogens (primary N) is 1. The van der Waals surface area contributed by atoms with Gasteiger partial charge in [0.05, 0.1) is 22.2 Å². The third-order valence-electron chi connectivity index (χ3n) is 9.14. The van der Waals surface area contributed by atoms with E-state index in [-0.39, 0.29) is 42.7 Å². The van der Waals surface area contributed by atoms with Crippen molar-refractivity contribution in [1.82, 2.24) is 30.7 Å². The quantitative estimate of drug-likeness (QED) is 0.109. The maximum atomic E-state index is 13.8. The number of phenols is 1. The fourth-order valence-electron chi connectivity index (χ4n) is 6.25.